The van der Waals surface area contributed by atoms with Gasteiger partial charge in [-0.25, -0.2) is 0 Å². The summed E-state index contributed by atoms with van der Waals surface area (Å²) >= 11 is -0.965. The van der Waals surface area contributed by atoms with Crippen molar-refractivity contribution in [3.63, 3.8) is 0 Å². The molecule has 0 aromatic heterocycles. The van der Waals surface area contributed by atoms with E-state index < -0.39 is 14.5 Å². The van der Waals surface area contributed by atoms with Gasteiger partial charge in [-0.05, 0) is 0 Å². The van der Waals surface area contributed by atoms with E-state index in [1.165, 1.54) is 0 Å². The summed E-state index contributed by atoms with van der Waals surface area (Å²) in [5.74, 6) is 0. The Kier molecular flexibility index (Phi) is 578. The summed E-state index contributed by atoms with van der Waals surface area (Å²) in [6.07, 6.45) is 0. The standard InChI is InChI=1S/ClH.FH.Mn.4H2O/h2*1H;;4*1H2/q;;+2;;;;/p-2. The van der Waals surface area contributed by atoms with Gasteiger partial charge in [0.15, 0.2) is 0 Å². The van der Waals surface area contributed by atoms with Crippen LogP contribution in [0.3, 0.4) is 0 Å². The second kappa shape index (κ2) is 82.1. The molecule has 0 aromatic rings. The van der Waals surface area contributed by atoms with Crippen molar-refractivity contribution in [1.29, 1.82) is 0 Å². The number of hydrogen-bond acceptors (Lipinski definition) is 0. The quantitative estimate of drug-likeness (QED) is 0.376. The predicted molar refractivity (Wildman–Crippen MR) is 21.4 cm³/mol. The van der Waals surface area contributed by atoms with Gasteiger partial charge in [-0.15, -0.1) is 0 Å². The van der Waals surface area contributed by atoms with E-state index in [2.05, 4.69) is 10.1 Å². The molecule has 0 atom stereocenters. The van der Waals surface area contributed by atoms with Crippen LogP contribution in [0.4, 0.5) is 3.55 Å². The Balaban J connectivity index is -0.00000000333. The molecule has 0 spiro atoms. The Hall–Kier alpha value is 0.579. The van der Waals surface area contributed by atoms with Crippen molar-refractivity contribution in [2.24, 2.45) is 0 Å². The van der Waals surface area contributed by atoms with E-state index in [0.717, 1.165) is 0 Å². The van der Waals surface area contributed by atoms with Crippen molar-refractivity contribution >= 4 is 10.1 Å². The second-order valence-electron chi connectivity index (χ2n) is 0.0540. The Morgan fingerprint density at radius 1 is 1.00 bits per heavy atom. The average Bonchev–Trinajstić information content (AvgIpc) is 0.918. The van der Waals surface area contributed by atoms with E-state index in [-0.39, 0.29) is 21.9 Å². The van der Waals surface area contributed by atoms with Crippen LogP contribution in [0.15, 0.2) is 0 Å². The first-order valence-electron chi connectivity index (χ1n) is 0.286. The molecule has 7 heavy (non-hydrogen) atoms. The molecule has 53 valence electrons. The number of rotatable bonds is 0. The first kappa shape index (κ1) is 49.3. The molecule has 0 aliphatic carbocycles. The van der Waals surface area contributed by atoms with E-state index in [9.17, 15) is 3.55 Å². The molecule has 0 unspecified atom stereocenters. The van der Waals surface area contributed by atoms with Gasteiger partial charge in [0.05, 0.1) is 0 Å². The van der Waals surface area contributed by atoms with Crippen molar-refractivity contribution in [3.05, 3.63) is 0 Å². The van der Waals surface area contributed by atoms with Crippen LogP contribution >= 0.6 is 10.1 Å². The molecule has 0 saturated heterocycles. The van der Waals surface area contributed by atoms with Gasteiger partial charge in [0.25, 0.3) is 0 Å². The van der Waals surface area contributed by atoms with Crippen molar-refractivity contribution in [3.8, 4) is 0 Å². The SMILES string of the molecule is O.O.O.O.[F][Mn][Cl]. The summed E-state index contributed by atoms with van der Waals surface area (Å²) < 4.78 is 10.1. The minimum atomic E-state index is -0.965. The van der Waals surface area contributed by atoms with Crippen molar-refractivity contribution in [2.75, 3.05) is 0 Å². The second-order valence-corrected chi connectivity index (χ2v) is 0.668. The normalized spacial score (nSPS) is 2.57. The van der Waals surface area contributed by atoms with Crippen molar-refractivity contribution < 1.29 is 40.0 Å². The summed E-state index contributed by atoms with van der Waals surface area (Å²) in [7, 11) is 4.36. The zero-order valence-electron chi connectivity index (χ0n) is 3.13. The van der Waals surface area contributed by atoms with Crippen LogP contribution in [-0.4, -0.2) is 21.9 Å². The van der Waals surface area contributed by atoms with E-state index in [1.54, 1.807) is 0 Å². The van der Waals surface area contributed by atoms with Gasteiger partial charge < -0.3 is 21.9 Å². The third kappa shape index (κ3) is 411. The van der Waals surface area contributed by atoms with Gasteiger partial charge in [-0.3, -0.25) is 0 Å². The zero-order chi connectivity index (χ0) is 2.71. The summed E-state index contributed by atoms with van der Waals surface area (Å²) in [6.45, 7) is 0. The fourth-order valence-corrected chi connectivity index (χ4v) is 0. The molecule has 0 bridgehead atoms. The van der Waals surface area contributed by atoms with Crippen LogP contribution in [0.2, 0.25) is 0 Å². The molecule has 0 heterocycles. The average molecular weight is 181 g/mol. The summed E-state index contributed by atoms with van der Waals surface area (Å²) in [5, 5.41) is 0. The molecule has 0 rings (SSSR count). The van der Waals surface area contributed by atoms with Gasteiger partial charge in [-0.2, -0.15) is 0 Å². The molecular weight excluding hydrogens is 173 g/mol. The van der Waals surface area contributed by atoms with Gasteiger partial charge in [0.2, 0.25) is 0 Å². The molecule has 8 N–H and O–H groups in total. The summed E-state index contributed by atoms with van der Waals surface area (Å²) in [5.41, 5.74) is 0. The third-order valence-corrected chi connectivity index (χ3v) is 0. The van der Waals surface area contributed by atoms with Crippen LogP contribution in [0, 0.1) is 0 Å². The Morgan fingerprint density at radius 2 is 1.00 bits per heavy atom. The van der Waals surface area contributed by atoms with Crippen LogP contribution in [0.1, 0.15) is 0 Å². The van der Waals surface area contributed by atoms with Crippen molar-refractivity contribution in [1.82, 2.24) is 0 Å². The van der Waals surface area contributed by atoms with E-state index in [0.29, 0.717) is 0 Å². The van der Waals surface area contributed by atoms with E-state index in [4.69, 9.17) is 0 Å². The summed E-state index contributed by atoms with van der Waals surface area (Å²) in [6, 6.07) is 0. The van der Waals surface area contributed by atoms with E-state index >= 15 is 0 Å². The van der Waals surface area contributed by atoms with Gasteiger partial charge >= 0.3 is 28.1 Å². The van der Waals surface area contributed by atoms with Gasteiger partial charge in [0.1, 0.15) is 0 Å². The molecule has 0 aliphatic heterocycles. The maximum absolute atomic E-state index is 10.1. The molecule has 4 nitrogen and oxygen atoms in total. The third-order valence-electron chi connectivity index (χ3n) is 0. The van der Waals surface area contributed by atoms with Crippen LogP contribution in [0.25, 0.3) is 0 Å². The first-order valence-corrected chi connectivity index (χ1v) is 2.36. The van der Waals surface area contributed by atoms with Crippen molar-refractivity contribution in [2.45, 2.75) is 0 Å². The fraction of sp³-hybridized carbons (Fsp3) is 0. The minimum absolute atomic E-state index is 0. The molecule has 0 fully saturated rings. The van der Waals surface area contributed by atoms with Crippen LogP contribution in [-0.2, 0) is 14.5 Å². The predicted octanol–water partition coefficient (Wildman–Crippen LogP) is -2.19. The molecule has 0 amide bonds. The van der Waals surface area contributed by atoms with Gasteiger partial charge in [-0.1, -0.05) is 0 Å². The topological polar surface area (TPSA) is 126 Å². The fourth-order valence-electron chi connectivity index (χ4n) is 0. The number of halogens is 2. The Bertz CT molecular complexity index is 11.7. The molecule has 0 saturated carbocycles. The zero-order valence-corrected chi connectivity index (χ0v) is 5.07. The first-order chi connectivity index (χ1) is 1.41. The Morgan fingerprint density at radius 3 is 1.00 bits per heavy atom. The van der Waals surface area contributed by atoms with Gasteiger partial charge in [0, 0.05) is 0 Å². The molecule has 7 heteroatoms. The Labute approximate surface area is 50.7 Å². The molecule has 0 aliphatic rings. The number of hydrogen-bond donors (Lipinski definition) is 0. The monoisotopic (exact) mass is 181 g/mol. The molecule has 0 radical (unpaired) electrons. The van der Waals surface area contributed by atoms with Crippen LogP contribution in [0.5, 0.6) is 0 Å². The molecular formula is H8ClFMnO4. The van der Waals surface area contributed by atoms with E-state index in [1.807, 2.05) is 0 Å². The van der Waals surface area contributed by atoms with Crippen LogP contribution < -0.4 is 0 Å². The molecule has 0 aromatic carbocycles. The maximum atomic E-state index is 10.1. The summed E-state index contributed by atoms with van der Waals surface area (Å²) in [4.78, 5) is 0.